The van der Waals surface area contributed by atoms with Crippen LogP contribution < -0.4 is 20.3 Å². The first kappa shape index (κ1) is 30.9. The Bertz CT molecular complexity index is 1730. The van der Waals surface area contributed by atoms with E-state index in [1.807, 2.05) is 31.2 Å². The van der Waals surface area contributed by atoms with Crippen LogP contribution in [0.3, 0.4) is 0 Å². The van der Waals surface area contributed by atoms with Crippen LogP contribution in [0.2, 0.25) is 0 Å². The normalized spacial score (nSPS) is 13.4. The highest BCUT2D eigenvalue weighted by molar-refractivity contribution is 5.94. The minimum absolute atomic E-state index is 0.0530. The van der Waals surface area contributed by atoms with E-state index in [9.17, 15) is 27.2 Å². The zero-order valence-electron chi connectivity index (χ0n) is 24.5. The first-order valence-corrected chi connectivity index (χ1v) is 14.1. The molecule has 0 aliphatic carbocycles. The SMILES string of the molecule is CCOc1cc(CNC(=O)c2ccc(CN3CCc4c(c(=O)n(-c5ccc(F)c(C(F)(F)F)c5)n4C)C3)cc2)ccc1OC. The number of carbonyl (C=O) groups is 1. The number of carbonyl (C=O) groups excluding carboxylic acids is 1. The Morgan fingerprint density at radius 3 is 2.41 bits per heavy atom. The predicted octanol–water partition coefficient (Wildman–Crippen LogP) is 5.23. The molecule has 12 heteroatoms. The van der Waals surface area contributed by atoms with Crippen LogP contribution in [0, 0.1) is 5.82 Å². The summed E-state index contributed by atoms with van der Waals surface area (Å²) < 4.78 is 67.3. The lowest BCUT2D eigenvalue weighted by molar-refractivity contribution is -0.140. The number of nitrogens with zero attached hydrogens (tertiary/aromatic N) is 3. The summed E-state index contributed by atoms with van der Waals surface area (Å²) >= 11 is 0. The third-order valence-electron chi connectivity index (χ3n) is 7.64. The largest absolute Gasteiger partial charge is 0.493 e. The van der Waals surface area contributed by atoms with Gasteiger partial charge in [-0.1, -0.05) is 18.2 Å². The summed E-state index contributed by atoms with van der Waals surface area (Å²) in [6.45, 7) is 4.11. The molecule has 1 N–H and O–H groups in total. The first-order chi connectivity index (χ1) is 21.0. The van der Waals surface area contributed by atoms with Crippen molar-refractivity contribution < 1.29 is 31.8 Å². The predicted molar refractivity (Wildman–Crippen MR) is 156 cm³/mol. The van der Waals surface area contributed by atoms with E-state index in [0.29, 0.717) is 67.9 Å². The molecular weight excluding hydrogens is 580 g/mol. The van der Waals surface area contributed by atoms with E-state index in [-0.39, 0.29) is 11.6 Å². The Hall–Kier alpha value is -4.58. The van der Waals surface area contributed by atoms with Crippen LogP contribution in [0.5, 0.6) is 11.5 Å². The fraction of sp³-hybridized carbons (Fsp3) is 0.312. The Labute approximate surface area is 251 Å². The zero-order chi connectivity index (χ0) is 31.6. The average molecular weight is 613 g/mol. The number of methoxy groups -OCH3 is 1. The van der Waals surface area contributed by atoms with Gasteiger partial charge in [-0.3, -0.25) is 19.2 Å². The number of amides is 1. The Morgan fingerprint density at radius 1 is 1.00 bits per heavy atom. The average Bonchev–Trinajstić information content (AvgIpc) is 3.25. The molecule has 232 valence electrons. The number of rotatable bonds is 9. The number of fused-ring (bicyclic) bond motifs is 1. The molecule has 1 amide bonds. The van der Waals surface area contributed by atoms with E-state index >= 15 is 0 Å². The standard InChI is InChI=1S/C32H32F4N4O4/c1-4-44-29-15-21(7-12-28(29)43-3)17-37-30(41)22-8-5-20(6-9-22)18-39-14-13-27-24(19-39)31(42)40(38(27)2)23-10-11-26(33)25(16-23)32(34,35)36/h5-12,15-16H,4,13-14,17-19H2,1-3H3,(H,37,41). The lowest BCUT2D eigenvalue weighted by Gasteiger charge is -2.26. The molecule has 5 rings (SSSR count). The fourth-order valence-electron chi connectivity index (χ4n) is 5.43. The zero-order valence-corrected chi connectivity index (χ0v) is 24.5. The fourth-order valence-corrected chi connectivity index (χ4v) is 5.43. The topological polar surface area (TPSA) is 77.7 Å². The third-order valence-corrected chi connectivity index (χ3v) is 7.64. The van der Waals surface area contributed by atoms with Gasteiger partial charge in [-0.15, -0.1) is 0 Å². The number of hydrogen-bond acceptors (Lipinski definition) is 5. The summed E-state index contributed by atoms with van der Waals surface area (Å²) in [4.78, 5) is 28.2. The second-order valence-corrected chi connectivity index (χ2v) is 10.5. The molecule has 0 spiro atoms. The number of halogens is 4. The van der Waals surface area contributed by atoms with Crippen molar-refractivity contribution in [1.82, 2.24) is 19.6 Å². The molecule has 44 heavy (non-hydrogen) atoms. The van der Waals surface area contributed by atoms with Crippen LogP contribution in [-0.4, -0.2) is 40.4 Å². The van der Waals surface area contributed by atoms with Gasteiger partial charge in [-0.2, -0.15) is 13.2 Å². The molecule has 3 aromatic carbocycles. The number of hydrogen-bond donors (Lipinski definition) is 1. The summed E-state index contributed by atoms with van der Waals surface area (Å²) in [5.41, 5.74) is 1.59. The van der Waals surface area contributed by atoms with E-state index in [1.165, 1.54) is 6.07 Å². The van der Waals surface area contributed by atoms with E-state index in [0.717, 1.165) is 27.6 Å². The van der Waals surface area contributed by atoms with Crippen molar-refractivity contribution in [1.29, 1.82) is 0 Å². The smallest absolute Gasteiger partial charge is 0.419 e. The molecule has 1 aliphatic heterocycles. The summed E-state index contributed by atoms with van der Waals surface area (Å²) in [6, 6.07) is 15.2. The van der Waals surface area contributed by atoms with E-state index in [4.69, 9.17) is 9.47 Å². The van der Waals surface area contributed by atoms with Crippen molar-refractivity contribution >= 4 is 5.91 Å². The highest BCUT2D eigenvalue weighted by Crippen LogP contribution is 2.33. The molecule has 0 fully saturated rings. The Kier molecular flexibility index (Phi) is 8.82. The monoisotopic (exact) mass is 612 g/mol. The van der Waals surface area contributed by atoms with Crippen molar-refractivity contribution in [2.45, 2.75) is 39.2 Å². The highest BCUT2D eigenvalue weighted by atomic mass is 19.4. The third kappa shape index (κ3) is 6.35. The lowest BCUT2D eigenvalue weighted by Crippen LogP contribution is -2.32. The molecule has 8 nitrogen and oxygen atoms in total. The number of aromatic nitrogens is 2. The van der Waals surface area contributed by atoms with Gasteiger partial charge >= 0.3 is 6.18 Å². The van der Waals surface area contributed by atoms with Crippen LogP contribution in [0.4, 0.5) is 17.6 Å². The van der Waals surface area contributed by atoms with Gasteiger partial charge in [-0.25, -0.2) is 9.07 Å². The number of alkyl halides is 3. The van der Waals surface area contributed by atoms with E-state index in [2.05, 4.69) is 10.2 Å². The van der Waals surface area contributed by atoms with Gasteiger partial charge < -0.3 is 14.8 Å². The van der Waals surface area contributed by atoms with Gasteiger partial charge in [0.05, 0.1) is 30.5 Å². The second-order valence-electron chi connectivity index (χ2n) is 10.5. The summed E-state index contributed by atoms with van der Waals surface area (Å²) in [6.07, 6.45) is -4.37. The Morgan fingerprint density at radius 2 is 1.73 bits per heavy atom. The molecule has 0 saturated carbocycles. The highest BCUT2D eigenvalue weighted by Gasteiger charge is 2.35. The second kappa shape index (κ2) is 12.6. The molecule has 0 unspecified atom stereocenters. The minimum Gasteiger partial charge on any atom is -0.493 e. The molecule has 1 aliphatic rings. The van der Waals surface area contributed by atoms with Gasteiger partial charge in [-0.05, 0) is 60.5 Å². The molecule has 4 aromatic rings. The maximum Gasteiger partial charge on any atom is 0.419 e. The molecule has 1 aromatic heterocycles. The maximum absolute atomic E-state index is 13.9. The number of ether oxygens (including phenoxy) is 2. The van der Waals surface area contributed by atoms with Crippen LogP contribution in [0.1, 0.15) is 45.2 Å². The van der Waals surface area contributed by atoms with Gasteiger partial charge in [0.1, 0.15) is 5.82 Å². The molecule has 0 saturated heterocycles. The lowest BCUT2D eigenvalue weighted by atomic mass is 10.1. The van der Waals surface area contributed by atoms with Crippen molar-refractivity contribution in [3.05, 3.63) is 110 Å². The van der Waals surface area contributed by atoms with Gasteiger partial charge in [0, 0.05) is 50.9 Å². The first-order valence-electron chi connectivity index (χ1n) is 14.1. The quantitative estimate of drug-likeness (QED) is 0.262. The number of nitrogens with one attached hydrogen (secondary N) is 1. The van der Waals surface area contributed by atoms with Gasteiger partial charge in [0.25, 0.3) is 11.5 Å². The van der Waals surface area contributed by atoms with Crippen LogP contribution in [0.25, 0.3) is 5.69 Å². The summed E-state index contributed by atoms with van der Waals surface area (Å²) in [5.74, 6) is -0.396. The molecule has 0 bridgehead atoms. The van der Waals surface area contributed by atoms with Crippen molar-refractivity contribution in [3.8, 4) is 17.2 Å². The molecule has 0 radical (unpaired) electrons. The summed E-state index contributed by atoms with van der Waals surface area (Å²) in [7, 11) is 3.18. The van der Waals surface area contributed by atoms with Gasteiger partial charge in [0.15, 0.2) is 11.5 Å². The molecule has 0 atom stereocenters. The van der Waals surface area contributed by atoms with E-state index < -0.39 is 23.1 Å². The van der Waals surface area contributed by atoms with E-state index in [1.54, 1.807) is 37.0 Å². The Balaban J connectivity index is 1.24. The van der Waals surface area contributed by atoms with Crippen LogP contribution >= 0.6 is 0 Å². The van der Waals surface area contributed by atoms with Crippen LogP contribution in [0.15, 0.2) is 65.5 Å². The molecular formula is C32H32F4N4O4. The molecule has 2 heterocycles. The maximum atomic E-state index is 13.9. The van der Waals surface area contributed by atoms with Gasteiger partial charge in [0.2, 0.25) is 0 Å². The summed E-state index contributed by atoms with van der Waals surface area (Å²) in [5, 5.41) is 2.91. The number of benzene rings is 3. The van der Waals surface area contributed by atoms with Crippen LogP contribution in [-0.2, 0) is 39.3 Å². The van der Waals surface area contributed by atoms with Crippen molar-refractivity contribution in [3.63, 3.8) is 0 Å². The van der Waals surface area contributed by atoms with Crippen molar-refractivity contribution in [2.24, 2.45) is 7.05 Å². The minimum atomic E-state index is -4.88. The van der Waals surface area contributed by atoms with Crippen molar-refractivity contribution in [2.75, 3.05) is 20.3 Å².